The average Bonchev–Trinajstić information content (AvgIpc) is 2.86. The van der Waals surface area contributed by atoms with Crippen molar-refractivity contribution in [3.8, 4) is 5.75 Å². The molecule has 1 aromatic heterocycles. The van der Waals surface area contributed by atoms with Crippen LogP contribution in [0.4, 0.5) is 0 Å². The van der Waals surface area contributed by atoms with Gasteiger partial charge in [-0.25, -0.2) is 0 Å². The van der Waals surface area contributed by atoms with Crippen LogP contribution in [0.25, 0.3) is 0 Å². The lowest BCUT2D eigenvalue weighted by Crippen LogP contribution is -2.25. The lowest BCUT2D eigenvalue weighted by Gasteiger charge is -2.06. The van der Waals surface area contributed by atoms with Crippen molar-refractivity contribution in [3.63, 3.8) is 0 Å². The molecular formula is C14H17N3O2. The van der Waals surface area contributed by atoms with E-state index >= 15 is 0 Å². The second kappa shape index (κ2) is 6.58. The Bertz CT molecular complexity index is 522. The van der Waals surface area contributed by atoms with Gasteiger partial charge in [0.15, 0.2) is 0 Å². The SMILES string of the molecule is Cc1[nH]ncc1C(=O)NCCCOc1ccccc1. The maximum absolute atomic E-state index is 11.7. The first-order valence-corrected chi connectivity index (χ1v) is 6.23. The second-order valence-corrected chi connectivity index (χ2v) is 4.18. The van der Waals surface area contributed by atoms with Crippen molar-refractivity contribution in [1.82, 2.24) is 15.5 Å². The molecule has 0 fully saturated rings. The number of aromatic nitrogens is 2. The second-order valence-electron chi connectivity index (χ2n) is 4.18. The fourth-order valence-corrected chi connectivity index (χ4v) is 1.66. The number of carbonyl (C=O) groups is 1. The van der Waals surface area contributed by atoms with Crippen LogP contribution in [0.3, 0.4) is 0 Å². The van der Waals surface area contributed by atoms with Crippen LogP contribution in [0.1, 0.15) is 22.5 Å². The summed E-state index contributed by atoms with van der Waals surface area (Å²) in [6, 6.07) is 9.62. The van der Waals surface area contributed by atoms with Gasteiger partial charge >= 0.3 is 0 Å². The van der Waals surface area contributed by atoms with Crippen molar-refractivity contribution in [2.45, 2.75) is 13.3 Å². The molecule has 2 rings (SSSR count). The first-order valence-electron chi connectivity index (χ1n) is 6.23. The maximum Gasteiger partial charge on any atom is 0.254 e. The van der Waals surface area contributed by atoms with E-state index < -0.39 is 0 Å². The zero-order valence-electron chi connectivity index (χ0n) is 10.8. The number of benzene rings is 1. The van der Waals surface area contributed by atoms with Gasteiger partial charge in [0.05, 0.1) is 18.4 Å². The third-order valence-electron chi connectivity index (χ3n) is 2.69. The lowest BCUT2D eigenvalue weighted by molar-refractivity contribution is 0.0951. The van der Waals surface area contributed by atoms with Gasteiger partial charge in [-0.05, 0) is 25.5 Å². The summed E-state index contributed by atoms with van der Waals surface area (Å²) >= 11 is 0. The van der Waals surface area contributed by atoms with Crippen LogP contribution in [0.15, 0.2) is 36.5 Å². The van der Waals surface area contributed by atoms with Crippen molar-refractivity contribution in [1.29, 1.82) is 0 Å². The third-order valence-corrected chi connectivity index (χ3v) is 2.69. The van der Waals surface area contributed by atoms with Gasteiger partial charge in [-0.1, -0.05) is 18.2 Å². The third kappa shape index (κ3) is 3.84. The number of aromatic amines is 1. The molecule has 0 bridgehead atoms. The predicted octanol–water partition coefficient (Wildman–Crippen LogP) is 1.92. The molecule has 5 heteroatoms. The molecule has 1 aromatic carbocycles. The minimum absolute atomic E-state index is 0.106. The van der Waals surface area contributed by atoms with E-state index in [1.54, 1.807) is 0 Å². The zero-order chi connectivity index (χ0) is 13.5. The number of H-pyrrole nitrogens is 1. The largest absolute Gasteiger partial charge is 0.494 e. The molecule has 0 saturated carbocycles. The minimum atomic E-state index is -0.106. The number of hydrogen-bond donors (Lipinski definition) is 2. The smallest absolute Gasteiger partial charge is 0.254 e. The summed E-state index contributed by atoms with van der Waals surface area (Å²) in [5.74, 6) is 0.741. The molecule has 0 aliphatic rings. The van der Waals surface area contributed by atoms with E-state index in [4.69, 9.17) is 4.74 Å². The van der Waals surface area contributed by atoms with E-state index in [1.807, 2.05) is 37.3 Å². The number of amides is 1. The topological polar surface area (TPSA) is 67.0 Å². The van der Waals surface area contributed by atoms with Gasteiger partial charge in [-0.15, -0.1) is 0 Å². The summed E-state index contributed by atoms with van der Waals surface area (Å²) in [5.41, 5.74) is 1.36. The van der Waals surface area contributed by atoms with Crippen LogP contribution in [0.2, 0.25) is 0 Å². The highest BCUT2D eigenvalue weighted by Gasteiger charge is 2.09. The number of hydrogen-bond acceptors (Lipinski definition) is 3. The van der Waals surface area contributed by atoms with Gasteiger partial charge < -0.3 is 10.1 Å². The standard InChI is InChI=1S/C14H17N3O2/c1-11-13(10-16-17-11)14(18)15-8-5-9-19-12-6-3-2-4-7-12/h2-4,6-7,10H,5,8-9H2,1H3,(H,15,18)(H,16,17). The molecule has 0 spiro atoms. The van der Waals surface area contributed by atoms with Gasteiger partial charge in [-0.3, -0.25) is 9.89 Å². The van der Waals surface area contributed by atoms with Gasteiger partial charge in [0.25, 0.3) is 5.91 Å². The van der Waals surface area contributed by atoms with E-state index in [-0.39, 0.29) is 5.91 Å². The van der Waals surface area contributed by atoms with Crippen molar-refractivity contribution >= 4 is 5.91 Å². The fraction of sp³-hybridized carbons (Fsp3) is 0.286. The number of nitrogens with zero attached hydrogens (tertiary/aromatic N) is 1. The molecule has 100 valence electrons. The highest BCUT2D eigenvalue weighted by Crippen LogP contribution is 2.08. The lowest BCUT2D eigenvalue weighted by atomic mass is 10.2. The Hall–Kier alpha value is -2.30. The Morgan fingerprint density at radius 1 is 1.37 bits per heavy atom. The highest BCUT2D eigenvalue weighted by molar-refractivity contribution is 5.94. The van der Waals surface area contributed by atoms with Gasteiger partial charge in [-0.2, -0.15) is 5.10 Å². The normalized spacial score (nSPS) is 10.2. The van der Waals surface area contributed by atoms with Crippen LogP contribution >= 0.6 is 0 Å². The van der Waals surface area contributed by atoms with Crippen molar-refractivity contribution < 1.29 is 9.53 Å². The summed E-state index contributed by atoms with van der Waals surface area (Å²) in [5, 5.41) is 9.39. The molecule has 0 aliphatic heterocycles. The Morgan fingerprint density at radius 3 is 2.84 bits per heavy atom. The first kappa shape index (κ1) is 13.1. The molecule has 0 radical (unpaired) electrons. The monoisotopic (exact) mass is 259 g/mol. The quantitative estimate of drug-likeness (QED) is 0.779. The summed E-state index contributed by atoms with van der Waals surface area (Å²) in [6.07, 6.45) is 2.29. The number of aryl methyl sites for hydroxylation is 1. The average molecular weight is 259 g/mol. The highest BCUT2D eigenvalue weighted by atomic mass is 16.5. The van der Waals surface area contributed by atoms with Crippen LogP contribution in [-0.4, -0.2) is 29.3 Å². The molecule has 0 atom stereocenters. The van der Waals surface area contributed by atoms with Gasteiger partial charge in [0.1, 0.15) is 5.75 Å². The van der Waals surface area contributed by atoms with E-state index in [1.165, 1.54) is 6.20 Å². The number of carbonyl (C=O) groups excluding carboxylic acids is 1. The molecule has 19 heavy (non-hydrogen) atoms. The number of para-hydroxylation sites is 1. The molecule has 2 N–H and O–H groups in total. The molecule has 1 amide bonds. The van der Waals surface area contributed by atoms with Crippen molar-refractivity contribution in [3.05, 3.63) is 47.8 Å². The van der Waals surface area contributed by atoms with Crippen molar-refractivity contribution in [2.24, 2.45) is 0 Å². The van der Waals surface area contributed by atoms with Crippen LogP contribution in [-0.2, 0) is 0 Å². The number of ether oxygens (including phenoxy) is 1. The van der Waals surface area contributed by atoms with E-state index in [9.17, 15) is 4.79 Å². The number of rotatable bonds is 6. The molecule has 0 saturated heterocycles. The van der Waals surface area contributed by atoms with Crippen LogP contribution in [0, 0.1) is 6.92 Å². The summed E-state index contributed by atoms with van der Waals surface area (Å²) in [7, 11) is 0. The van der Waals surface area contributed by atoms with Crippen LogP contribution < -0.4 is 10.1 Å². The maximum atomic E-state index is 11.7. The minimum Gasteiger partial charge on any atom is -0.494 e. The molecule has 1 heterocycles. The molecule has 5 nitrogen and oxygen atoms in total. The Kier molecular flexibility index (Phi) is 4.55. The first-order chi connectivity index (χ1) is 9.27. The summed E-state index contributed by atoms with van der Waals surface area (Å²) in [4.78, 5) is 11.7. The molecule has 0 unspecified atom stereocenters. The van der Waals surface area contributed by atoms with E-state index in [0.717, 1.165) is 17.9 Å². The zero-order valence-corrected chi connectivity index (χ0v) is 10.8. The van der Waals surface area contributed by atoms with Gasteiger partial charge in [0.2, 0.25) is 0 Å². The fourth-order valence-electron chi connectivity index (χ4n) is 1.66. The number of nitrogens with one attached hydrogen (secondary N) is 2. The van der Waals surface area contributed by atoms with Gasteiger partial charge in [0, 0.05) is 12.2 Å². The summed E-state index contributed by atoms with van der Waals surface area (Å²) in [6.45, 7) is 2.98. The van der Waals surface area contributed by atoms with Crippen LogP contribution in [0.5, 0.6) is 5.75 Å². The van der Waals surface area contributed by atoms with Crippen molar-refractivity contribution in [2.75, 3.05) is 13.2 Å². The molecule has 0 aliphatic carbocycles. The Morgan fingerprint density at radius 2 is 2.16 bits per heavy atom. The molecular weight excluding hydrogens is 242 g/mol. The van der Waals surface area contributed by atoms with E-state index in [0.29, 0.717) is 18.7 Å². The predicted molar refractivity (Wildman–Crippen MR) is 72.2 cm³/mol. The Labute approximate surface area is 112 Å². The molecule has 2 aromatic rings. The summed E-state index contributed by atoms with van der Waals surface area (Å²) < 4.78 is 5.53. The van der Waals surface area contributed by atoms with E-state index in [2.05, 4.69) is 15.5 Å². The Balaban J connectivity index is 1.65.